The summed E-state index contributed by atoms with van der Waals surface area (Å²) in [5.74, 6) is 0.615. The van der Waals surface area contributed by atoms with Gasteiger partial charge < -0.3 is 20.1 Å². The number of hydrogen-bond donors (Lipinski definition) is 2. The summed E-state index contributed by atoms with van der Waals surface area (Å²) in [6.45, 7) is 4.65. The Balaban J connectivity index is 1.49. The molecule has 0 bridgehead atoms. The average Bonchev–Trinajstić information content (AvgIpc) is 3.17. The molecule has 5 nitrogen and oxygen atoms in total. The summed E-state index contributed by atoms with van der Waals surface area (Å²) in [4.78, 5) is 13.2. The second-order valence-electron chi connectivity index (χ2n) is 7.86. The van der Waals surface area contributed by atoms with Crippen LogP contribution >= 0.6 is 27.7 Å². The van der Waals surface area contributed by atoms with Crippen molar-refractivity contribution in [3.05, 3.63) is 92.5 Å². The normalized spacial score (nSPS) is 16.3. The van der Waals surface area contributed by atoms with Crippen molar-refractivity contribution >= 4 is 45.4 Å². The van der Waals surface area contributed by atoms with Crippen LogP contribution in [-0.4, -0.2) is 18.0 Å². The second kappa shape index (κ2) is 11.6. The topological polar surface area (TPSA) is 59.6 Å². The molecule has 3 aromatic carbocycles. The molecule has 1 fully saturated rings. The standard InChI is InChI=1S/C27H26BrFN2O3S/c1-3-17-8-10-21(11-9-17)30-27-31-26(32)24(35-27)15-19-13-22(28)25(23(14-19)33-4-2)34-16-18-6-5-7-20(29)12-18/h5-15,27,30H,3-4,16H2,1-2H3,(H,31,32)/b24-15-/t27-/m1/s1. The molecule has 2 N–H and O–H groups in total. The molecule has 3 aromatic rings. The number of anilines is 1. The van der Waals surface area contributed by atoms with E-state index >= 15 is 0 Å². The third-order valence-corrected chi connectivity index (χ3v) is 6.91. The number of hydrogen-bond acceptors (Lipinski definition) is 5. The van der Waals surface area contributed by atoms with Gasteiger partial charge in [0.25, 0.3) is 5.91 Å². The van der Waals surface area contributed by atoms with Crippen LogP contribution in [0.2, 0.25) is 0 Å². The van der Waals surface area contributed by atoms with Gasteiger partial charge in [0.1, 0.15) is 12.4 Å². The fourth-order valence-corrected chi connectivity index (χ4v) is 5.12. The Labute approximate surface area is 217 Å². The Kier molecular flexibility index (Phi) is 8.36. The number of thioether (sulfide) groups is 1. The van der Waals surface area contributed by atoms with Crippen LogP contribution in [0, 0.1) is 5.82 Å². The van der Waals surface area contributed by atoms with E-state index in [9.17, 15) is 9.18 Å². The molecule has 0 aliphatic carbocycles. The molecule has 1 saturated heterocycles. The maximum absolute atomic E-state index is 13.5. The number of halogens is 2. The zero-order valence-corrected chi connectivity index (χ0v) is 21.8. The van der Waals surface area contributed by atoms with E-state index in [4.69, 9.17) is 9.47 Å². The van der Waals surface area contributed by atoms with Gasteiger partial charge in [-0.15, -0.1) is 0 Å². The van der Waals surface area contributed by atoms with Gasteiger partial charge in [0.2, 0.25) is 0 Å². The van der Waals surface area contributed by atoms with Gasteiger partial charge in [-0.25, -0.2) is 4.39 Å². The molecule has 1 heterocycles. The van der Waals surface area contributed by atoms with Crippen molar-refractivity contribution in [3.8, 4) is 11.5 Å². The Morgan fingerprint density at radius 2 is 1.89 bits per heavy atom. The van der Waals surface area contributed by atoms with Crippen LogP contribution in [-0.2, 0) is 17.8 Å². The summed E-state index contributed by atoms with van der Waals surface area (Å²) in [7, 11) is 0. The van der Waals surface area contributed by atoms with Crippen LogP contribution in [0.1, 0.15) is 30.5 Å². The van der Waals surface area contributed by atoms with Crippen LogP contribution in [0.3, 0.4) is 0 Å². The molecule has 1 atom stereocenters. The van der Waals surface area contributed by atoms with E-state index in [0.717, 1.165) is 17.7 Å². The molecule has 1 aliphatic rings. The number of aryl methyl sites for hydroxylation is 1. The molecule has 182 valence electrons. The summed E-state index contributed by atoms with van der Waals surface area (Å²) in [5.41, 5.74) is 3.46. The van der Waals surface area contributed by atoms with Gasteiger partial charge in [0.05, 0.1) is 16.0 Å². The molecule has 0 aromatic heterocycles. The van der Waals surface area contributed by atoms with E-state index in [1.807, 2.05) is 37.3 Å². The first-order chi connectivity index (χ1) is 16.9. The highest BCUT2D eigenvalue weighted by Gasteiger charge is 2.27. The third kappa shape index (κ3) is 6.58. The number of benzene rings is 3. The lowest BCUT2D eigenvalue weighted by Gasteiger charge is -2.15. The summed E-state index contributed by atoms with van der Waals surface area (Å²) in [6.07, 6.45) is 2.81. The molecule has 0 radical (unpaired) electrons. The Morgan fingerprint density at radius 1 is 1.09 bits per heavy atom. The van der Waals surface area contributed by atoms with Gasteiger partial charge in [-0.3, -0.25) is 4.79 Å². The highest BCUT2D eigenvalue weighted by molar-refractivity contribution is 9.10. The first-order valence-electron chi connectivity index (χ1n) is 11.3. The van der Waals surface area contributed by atoms with Gasteiger partial charge in [-0.05, 0) is 88.4 Å². The van der Waals surface area contributed by atoms with E-state index in [0.29, 0.717) is 33.0 Å². The van der Waals surface area contributed by atoms with Gasteiger partial charge in [0, 0.05) is 5.69 Å². The zero-order valence-electron chi connectivity index (χ0n) is 19.4. The van der Waals surface area contributed by atoms with E-state index < -0.39 is 0 Å². The third-order valence-electron chi connectivity index (χ3n) is 5.29. The number of ether oxygens (including phenoxy) is 2. The first-order valence-corrected chi connectivity index (χ1v) is 13.0. The van der Waals surface area contributed by atoms with Crippen molar-refractivity contribution in [2.75, 3.05) is 11.9 Å². The molecular weight excluding hydrogens is 531 g/mol. The molecule has 8 heteroatoms. The Morgan fingerprint density at radius 3 is 2.60 bits per heavy atom. The Bertz CT molecular complexity index is 1230. The van der Waals surface area contributed by atoms with Crippen LogP contribution in [0.15, 0.2) is 70.0 Å². The number of carbonyl (C=O) groups is 1. The average molecular weight is 557 g/mol. The van der Waals surface area contributed by atoms with Crippen molar-refractivity contribution in [1.82, 2.24) is 5.32 Å². The lowest BCUT2D eigenvalue weighted by molar-refractivity contribution is -0.116. The minimum Gasteiger partial charge on any atom is -0.490 e. The molecule has 0 unspecified atom stereocenters. The van der Waals surface area contributed by atoms with E-state index in [2.05, 4.69) is 45.6 Å². The smallest absolute Gasteiger partial charge is 0.260 e. The van der Waals surface area contributed by atoms with Crippen molar-refractivity contribution in [3.63, 3.8) is 0 Å². The van der Waals surface area contributed by atoms with Gasteiger partial charge in [0.15, 0.2) is 17.0 Å². The molecule has 0 saturated carbocycles. The summed E-state index contributed by atoms with van der Waals surface area (Å²) >= 11 is 4.98. The van der Waals surface area contributed by atoms with E-state index in [-0.39, 0.29) is 23.8 Å². The number of rotatable bonds is 9. The van der Waals surface area contributed by atoms with Crippen molar-refractivity contribution in [2.45, 2.75) is 32.4 Å². The van der Waals surface area contributed by atoms with Crippen LogP contribution in [0.5, 0.6) is 11.5 Å². The molecule has 0 spiro atoms. The summed E-state index contributed by atoms with van der Waals surface area (Å²) in [6, 6.07) is 18.2. The van der Waals surface area contributed by atoms with Crippen LogP contribution < -0.4 is 20.1 Å². The highest BCUT2D eigenvalue weighted by Crippen LogP contribution is 2.39. The van der Waals surface area contributed by atoms with E-state index in [1.54, 1.807) is 12.1 Å². The molecule has 35 heavy (non-hydrogen) atoms. The molecule has 4 rings (SSSR count). The van der Waals surface area contributed by atoms with E-state index in [1.165, 1.54) is 29.5 Å². The fraction of sp³-hybridized carbons (Fsp3) is 0.222. The second-order valence-corrected chi connectivity index (χ2v) is 9.86. The number of amides is 1. The molecule has 1 amide bonds. The highest BCUT2D eigenvalue weighted by atomic mass is 79.9. The molecule has 1 aliphatic heterocycles. The first kappa shape index (κ1) is 25.1. The lowest BCUT2D eigenvalue weighted by Crippen LogP contribution is -2.30. The van der Waals surface area contributed by atoms with Gasteiger partial charge in [-0.1, -0.05) is 43.0 Å². The van der Waals surface area contributed by atoms with Gasteiger partial charge in [-0.2, -0.15) is 0 Å². The maximum atomic E-state index is 13.5. The number of carbonyl (C=O) groups excluding carboxylic acids is 1. The van der Waals surface area contributed by atoms with Crippen molar-refractivity contribution in [1.29, 1.82) is 0 Å². The maximum Gasteiger partial charge on any atom is 0.260 e. The predicted molar refractivity (Wildman–Crippen MR) is 143 cm³/mol. The Hall–Kier alpha value is -2.97. The minimum absolute atomic E-state index is 0.141. The zero-order chi connectivity index (χ0) is 24.8. The minimum atomic E-state index is -0.310. The van der Waals surface area contributed by atoms with Crippen LogP contribution in [0.25, 0.3) is 6.08 Å². The lowest BCUT2D eigenvalue weighted by atomic mass is 10.1. The van der Waals surface area contributed by atoms with Gasteiger partial charge >= 0.3 is 0 Å². The predicted octanol–water partition coefficient (Wildman–Crippen LogP) is 6.73. The fourth-order valence-electron chi connectivity index (χ4n) is 3.56. The monoisotopic (exact) mass is 556 g/mol. The van der Waals surface area contributed by atoms with Crippen molar-refractivity contribution in [2.24, 2.45) is 0 Å². The summed E-state index contributed by atoms with van der Waals surface area (Å²) in [5, 5.41) is 6.29. The summed E-state index contributed by atoms with van der Waals surface area (Å²) < 4.78 is 25.9. The van der Waals surface area contributed by atoms with Crippen molar-refractivity contribution < 1.29 is 18.7 Å². The SMILES string of the molecule is CCOc1cc(/C=C2\S[C@H](Nc3ccc(CC)cc3)NC2=O)cc(Br)c1OCc1cccc(F)c1. The van der Waals surface area contributed by atoms with Crippen LogP contribution in [0.4, 0.5) is 10.1 Å². The molecular formula is C27H26BrFN2O3S. The number of nitrogens with one attached hydrogen (secondary N) is 2. The quantitative estimate of drug-likeness (QED) is 0.286. The largest absolute Gasteiger partial charge is 0.490 e.